The fourth-order valence-corrected chi connectivity index (χ4v) is 2.74. The Hall–Kier alpha value is -0.290. The van der Waals surface area contributed by atoms with Gasteiger partial charge in [-0.1, -0.05) is 11.6 Å². The van der Waals surface area contributed by atoms with Gasteiger partial charge in [0.15, 0.2) is 0 Å². The van der Waals surface area contributed by atoms with Gasteiger partial charge in [0.05, 0.1) is 14.8 Å². The molecule has 1 aliphatic rings. The second kappa shape index (κ2) is 5.57. The lowest BCUT2D eigenvalue weighted by atomic mass is 9.96. The first-order chi connectivity index (χ1) is 7.55. The zero-order valence-corrected chi connectivity index (χ0v) is 11.9. The van der Waals surface area contributed by atoms with Crippen LogP contribution in [0.4, 0.5) is 0 Å². The first-order valence-corrected chi connectivity index (χ1v) is 6.52. The molecule has 0 radical (unpaired) electrons. The average Bonchev–Trinajstić information content (AvgIpc) is 3.02. The molecular weight excluding hydrogens is 279 g/mol. The minimum atomic E-state index is -0.270. The lowest BCUT2D eigenvalue weighted by Crippen LogP contribution is -2.53. The third kappa shape index (κ3) is 3.35. The molecule has 1 heterocycles. The van der Waals surface area contributed by atoms with Crippen molar-refractivity contribution < 1.29 is 4.79 Å². The third-order valence-electron chi connectivity index (χ3n) is 3.10. The molecule has 3 N–H and O–H groups in total. The zero-order valence-electron chi connectivity index (χ0n) is 9.53. The van der Waals surface area contributed by atoms with Crippen LogP contribution in [-0.2, 0) is 0 Å². The summed E-state index contributed by atoms with van der Waals surface area (Å²) in [7, 11) is 0. The molecule has 0 aromatic carbocycles. The molecule has 1 aromatic rings. The smallest absolute Gasteiger partial charge is 0.261 e. The summed E-state index contributed by atoms with van der Waals surface area (Å²) in [6.07, 6.45) is 2.30. The molecule has 1 atom stereocenters. The van der Waals surface area contributed by atoms with Crippen LogP contribution in [0.15, 0.2) is 12.1 Å². The van der Waals surface area contributed by atoms with Crippen molar-refractivity contribution in [1.29, 1.82) is 0 Å². The summed E-state index contributed by atoms with van der Waals surface area (Å²) < 4.78 is 0.631. The molecule has 1 fully saturated rings. The van der Waals surface area contributed by atoms with Gasteiger partial charge in [0.1, 0.15) is 0 Å². The summed E-state index contributed by atoms with van der Waals surface area (Å²) >= 11 is 7.09. The van der Waals surface area contributed by atoms with Crippen molar-refractivity contribution in [3.8, 4) is 0 Å². The second-order valence-corrected chi connectivity index (χ2v) is 6.17. The van der Waals surface area contributed by atoms with E-state index < -0.39 is 0 Å². The molecule has 0 saturated heterocycles. The highest BCUT2D eigenvalue weighted by Gasteiger charge is 2.41. The third-order valence-corrected chi connectivity index (χ3v) is 4.33. The summed E-state index contributed by atoms with van der Waals surface area (Å²) in [5, 5.41) is 3.02. The lowest BCUT2D eigenvalue weighted by molar-refractivity contribution is 0.0902. The number of hydrogen-bond donors (Lipinski definition) is 2. The number of amides is 1. The Morgan fingerprint density at radius 1 is 1.65 bits per heavy atom. The summed E-state index contributed by atoms with van der Waals surface area (Å²) in [6.45, 7) is 2.49. The fourth-order valence-electron chi connectivity index (χ4n) is 1.80. The van der Waals surface area contributed by atoms with Crippen LogP contribution in [0.5, 0.6) is 0 Å². The van der Waals surface area contributed by atoms with Crippen molar-refractivity contribution in [3.63, 3.8) is 0 Å². The number of nitrogens with one attached hydrogen (secondary N) is 1. The summed E-state index contributed by atoms with van der Waals surface area (Å²) in [5.41, 5.74) is 5.47. The van der Waals surface area contributed by atoms with Gasteiger partial charge >= 0.3 is 0 Å². The minimum Gasteiger partial charge on any atom is -0.345 e. The van der Waals surface area contributed by atoms with E-state index in [1.807, 2.05) is 6.92 Å². The fraction of sp³-hybridized carbons (Fsp3) is 0.545. The van der Waals surface area contributed by atoms with Gasteiger partial charge in [-0.3, -0.25) is 4.79 Å². The normalized spacial score (nSPS) is 18.1. The Morgan fingerprint density at radius 2 is 2.29 bits per heavy atom. The van der Waals surface area contributed by atoms with E-state index in [1.165, 1.54) is 11.3 Å². The largest absolute Gasteiger partial charge is 0.345 e. The molecule has 1 saturated carbocycles. The van der Waals surface area contributed by atoms with E-state index in [-0.39, 0.29) is 23.9 Å². The molecule has 0 spiro atoms. The molecule has 1 aromatic heterocycles. The van der Waals surface area contributed by atoms with Gasteiger partial charge in [0.2, 0.25) is 0 Å². The molecule has 6 heteroatoms. The molecule has 1 amide bonds. The molecule has 17 heavy (non-hydrogen) atoms. The number of rotatable bonds is 4. The average molecular weight is 295 g/mol. The topological polar surface area (TPSA) is 55.1 Å². The van der Waals surface area contributed by atoms with Gasteiger partial charge in [-0.25, -0.2) is 0 Å². The molecule has 96 valence electrons. The standard InChI is InChI=1S/C11H15ClN2OS.ClH/c1-11(6-13,7-2-3-7)14-10(15)8-4-5-9(12)16-8;/h4-5,7H,2-3,6,13H2,1H3,(H,14,15);1H. The zero-order chi connectivity index (χ0) is 11.8. The SMILES string of the molecule is CC(CN)(NC(=O)c1ccc(Cl)s1)C1CC1.Cl. The van der Waals surface area contributed by atoms with Gasteiger partial charge in [-0.2, -0.15) is 0 Å². The van der Waals surface area contributed by atoms with Crippen LogP contribution in [0.3, 0.4) is 0 Å². The quantitative estimate of drug-likeness (QED) is 0.897. The maximum absolute atomic E-state index is 11.9. The number of nitrogens with two attached hydrogens (primary N) is 1. The van der Waals surface area contributed by atoms with E-state index in [9.17, 15) is 4.79 Å². The van der Waals surface area contributed by atoms with E-state index in [1.54, 1.807) is 12.1 Å². The Kier molecular flexibility index (Phi) is 4.84. The van der Waals surface area contributed by atoms with E-state index in [0.29, 0.717) is 21.7 Å². The van der Waals surface area contributed by atoms with Crippen LogP contribution in [0, 0.1) is 5.92 Å². The van der Waals surface area contributed by atoms with Crippen molar-refractivity contribution in [3.05, 3.63) is 21.3 Å². The maximum Gasteiger partial charge on any atom is 0.261 e. The van der Waals surface area contributed by atoms with Gasteiger partial charge in [-0.15, -0.1) is 23.7 Å². The molecule has 1 unspecified atom stereocenters. The molecular formula is C11H16Cl2N2OS. The Bertz CT molecular complexity index is 406. The minimum absolute atomic E-state index is 0. The second-order valence-electron chi connectivity index (χ2n) is 4.45. The Balaban J connectivity index is 0.00000144. The lowest BCUT2D eigenvalue weighted by Gasteiger charge is -2.29. The Morgan fingerprint density at radius 3 is 2.71 bits per heavy atom. The molecule has 0 bridgehead atoms. The molecule has 1 aliphatic carbocycles. The van der Waals surface area contributed by atoms with Crippen molar-refractivity contribution in [2.24, 2.45) is 11.7 Å². The van der Waals surface area contributed by atoms with Gasteiger partial charge in [-0.05, 0) is 37.8 Å². The monoisotopic (exact) mass is 294 g/mol. The maximum atomic E-state index is 11.9. The number of carbonyl (C=O) groups is 1. The first kappa shape index (κ1) is 14.8. The molecule has 0 aliphatic heterocycles. The van der Waals surface area contributed by atoms with E-state index in [0.717, 1.165) is 12.8 Å². The summed E-state index contributed by atoms with van der Waals surface area (Å²) in [4.78, 5) is 12.6. The van der Waals surface area contributed by atoms with Crippen LogP contribution >= 0.6 is 35.3 Å². The number of thiophene rings is 1. The molecule has 3 nitrogen and oxygen atoms in total. The number of carbonyl (C=O) groups excluding carboxylic acids is 1. The van der Waals surface area contributed by atoms with Crippen molar-refractivity contribution in [1.82, 2.24) is 5.32 Å². The number of halogens is 2. The van der Waals surface area contributed by atoms with Crippen LogP contribution in [0.1, 0.15) is 29.4 Å². The van der Waals surface area contributed by atoms with E-state index in [4.69, 9.17) is 17.3 Å². The predicted octanol–water partition coefficient (Wildman–Crippen LogP) is 2.68. The Labute approximate surface area is 116 Å². The predicted molar refractivity (Wildman–Crippen MR) is 74.2 cm³/mol. The van der Waals surface area contributed by atoms with Gasteiger partial charge in [0.25, 0.3) is 5.91 Å². The first-order valence-electron chi connectivity index (χ1n) is 5.33. The van der Waals surface area contributed by atoms with Crippen molar-refractivity contribution >= 4 is 41.3 Å². The van der Waals surface area contributed by atoms with Crippen molar-refractivity contribution in [2.75, 3.05) is 6.54 Å². The van der Waals surface area contributed by atoms with Crippen LogP contribution in [-0.4, -0.2) is 18.0 Å². The van der Waals surface area contributed by atoms with Crippen molar-refractivity contribution in [2.45, 2.75) is 25.3 Å². The van der Waals surface area contributed by atoms with Gasteiger partial charge in [0, 0.05) is 6.54 Å². The highest BCUT2D eigenvalue weighted by molar-refractivity contribution is 7.18. The van der Waals surface area contributed by atoms with E-state index >= 15 is 0 Å². The van der Waals surface area contributed by atoms with Crippen LogP contribution in [0.2, 0.25) is 4.34 Å². The van der Waals surface area contributed by atoms with Crippen LogP contribution < -0.4 is 11.1 Å². The number of hydrogen-bond acceptors (Lipinski definition) is 3. The molecule has 2 rings (SSSR count). The summed E-state index contributed by atoms with van der Waals surface area (Å²) in [6, 6.07) is 3.48. The van der Waals surface area contributed by atoms with E-state index in [2.05, 4.69) is 5.32 Å². The summed E-state index contributed by atoms with van der Waals surface area (Å²) in [5.74, 6) is 0.452. The van der Waals surface area contributed by atoms with Gasteiger partial charge < -0.3 is 11.1 Å². The highest BCUT2D eigenvalue weighted by Crippen LogP contribution is 2.39. The van der Waals surface area contributed by atoms with Crippen LogP contribution in [0.25, 0.3) is 0 Å². The highest BCUT2D eigenvalue weighted by atomic mass is 35.5.